The Morgan fingerprint density at radius 3 is 2.50 bits per heavy atom. The molecule has 4 rings (SSSR count). The highest BCUT2D eigenvalue weighted by Crippen LogP contribution is 2.34. The van der Waals surface area contributed by atoms with Crippen LogP contribution in [0, 0.1) is 11.3 Å². The molecule has 1 fully saturated rings. The highest BCUT2D eigenvalue weighted by atomic mass is 32.2. The average molecular weight is 488 g/mol. The molecule has 1 amide bonds. The van der Waals surface area contributed by atoms with Gasteiger partial charge >= 0.3 is 0 Å². The number of carbonyl (C=O) groups is 1. The largest absolute Gasteiger partial charge is 0.444 e. The lowest BCUT2D eigenvalue weighted by atomic mass is 9.77. The van der Waals surface area contributed by atoms with Gasteiger partial charge in [-0.25, -0.2) is 22.5 Å². The van der Waals surface area contributed by atoms with E-state index in [0.29, 0.717) is 37.9 Å². The number of nitrogens with one attached hydrogen (secondary N) is 2. The van der Waals surface area contributed by atoms with Crippen molar-refractivity contribution < 1.29 is 22.0 Å². The molecule has 0 spiro atoms. The van der Waals surface area contributed by atoms with Gasteiger partial charge in [0.1, 0.15) is 5.83 Å². The number of rotatable bonds is 7. The quantitative estimate of drug-likeness (QED) is 0.599. The number of benzene rings is 1. The highest BCUT2D eigenvalue weighted by Gasteiger charge is 2.34. The van der Waals surface area contributed by atoms with E-state index >= 15 is 0 Å². The highest BCUT2D eigenvalue weighted by molar-refractivity contribution is 7.89. The molecule has 2 aliphatic rings. The first kappa shape index (κ1) is 24.3. The molecule has 2 aliphatic carbocycles. The minimum Gasteiger partial charge on any atom is -0.444 e. The van der Waals surface area contributed by atoms with Crippen LogP contribution in [0.4, 0.5) is 4.39 Å². The number of carbonyl (C=O) groups excluding carboxylic acids is 1. The van der Waals surface area contributed by atoms with Crippen LogP contribution in [0.15, 0.2) is 70.2 Å². The Hall–Kier alpha value is -2.78. The van der Waals surface area contributed by atoms with Gasteiger partial charge in [0.15, 0.2) is 12.2 Å². The summed E-state index contributed by atoms with van der Waals surface area (Å²) in [5.41, 5.74) is 0.414. The summed E-state index contributed by atoms with van der Waals surface area (Å²) in [6.45, 7) is 3.94. The van der Waals surface area contributed by atoms with E-state index in [9.17, 15) is 17.6 Å². The Balaban J connectivity index is 1.28. The van der Waals surface area contributed by atoms with E-state index < -0.39 is 10.0 Å². The fraction of sp³-hybridized carbons (Fsp3) is 0.440. The maximum atomic E-state index is 13.3. The fourth-order valence-electron chi connectivity index (χ4n) is 4.46. The average Bonchev–Trinajstić information content (AvgIpc) is 3.36. The third-order valence-electron chi connectivity index (χ3n) is 7.01. The molecule has 2 N–H and O–H groups in total. The summed E-state index contributed by atoms with van der Waals surface area (Å²) in [6, 6.07) is 6.10. The second-order valence-electron chi connectivity index (χ2n) is 9.42. The number of hydrogen-bond acceptors (Lipinski definition) is 5. The third kappa shape index (κ3) is 5.47. The predicted octanol–water partition coefficient (Wildman–Crippen LogP) is 4.50. The number of allylic oxidation sites excluding steroid dienone is 3. The third-order valence-corrected chi connectivity index (χ3v) is 8.55. The Morgan fingerprint density at radius 1 is 1.21 bits per heavy atom. The number of sulfonamides is 1. The fourth-order valence-corrected chi connectivity index (χ4v) is 5.76. The van der Waals surface area contributed by atoms with Crippen LogP contribution in [0.1, 0.15) is 46.0 Å². The van der Waals surface area contributed by atoms with Crippen molar-refractivity contribution in [1.82, 2.24) is 15.0 Å². The van der Waals surface area contributed by atoms with Gasteiger partial charge in [-0.2, -0.15) is 0 Å². The van der Waals surface area contributed by atoms with Crippen LogP contribution < -0.4 is 10.0 Å². The molecule has 1 aromatic heterocycles. The molecule has 2 aromatic rings. The molecule has 182 valence electrons. The monoisotopic (exact) mass is 487 g/mol. The van der Waals surface area contributed by atoms with Crippen LogP contribution in [0.3, 0.4) is 0 Å². The summed E-state index contributed by atoms with van der Waals surface area (Å²) in [4.78, 5) is 16.9. The van der Waals surface area contributed by atoms with E-state index in [4.69, 9.17) is 4.42 Å². The Bertz CT molecular complexity index is 1170. The summed E-state index contributed by atoms with van der Waals surface area (Å²) < 4.78 is 47.0. The van der Waals surface area contributed by atoms with Crippen LogP contribution in [0.5, 0.6) is 0 Å². The standard InChI is InChI=1S/C25H30FN3O4S/c1-17(25(2)13-11-20(26)12-14-25)28-24(30)19-3-7-21(8-4-19)29-34(31,32)22-9-5-18(6-10-22)23-15-27-16-33-23/h5-6,9-13,15-17,19,21,29H,3-4,7-8,14H2,1-2H3,(H,28,30)/t17-,19?,21?,25?/m1/s1. The Kier molecular flexibility index (Phi) is 7.04. The van der Waals surface area contributed by atoms with Gasteiger partial charge in [0.05, 0.1) is 11.1 Å². The van der Waals surface area contributed by atoms with Crippen molar-refractivity contribution in [3.8, 4) is 11.3 Å². The molecule has 1 unspecified atom stereocenters. The van der Waals surface area contributed by atoms with Gasteiger partial charge in [-0.3, -0.25) is 4.79 Å². The Morgan fingerprint density at radius 2 is 1.91 bits per heavy atom. The second kappa shape index (κ2) is 9.84. The molecule has 9 heteroatoms. The Labute approximate surface area is 199 Å². The van der Waals surface area contributed by atoms with Crippen molar-refractivity contribution in [3.05, 3.63) is 60.9 Å². The smallest absolute Gasteiger partial charge is 0.240 e. The van der Waals surface area contributed by atoms with Crippen molar-refractivity contribution in [2.45, 2.75) is 62.9 Å². The van der Waals surface area contributed by atoms with Crippen LogP contribution in [0.2, 0.25) is 0 Å². The SMILES string of the molecule is C[C@@H](NC(=O)C1CCC(NS(=O)(=O)c2ccc(-c3cnco3)cc2)CC1)C1(C)C=CC(F)=CC1. The van der Waals surface area contributed by atoms with Gasteiger partial charge in [0, 0.05) is 29.0 Å². The minimum atomic E-state index is -3.67. The van der Waals surface area contributed by atoms with Gasteiger partial charge in [0.2, 0.25) is 15.9 Å². The first-order valence-corrected chi connectivity index (χ1v) is 13.0. The first-order chi connectivity index (χ1) is 16.2. The molecular weight excluding hydrogens is 457 g/mol. The summed E-state index contributed by atoms with van der Waals surface area (Å²) >= 11 is 0. The summed E-state index contributed by atoms with van der Waals surface area (Å²) in [5, 5.41) is 3.09. The van der Waals surface area contributed by atoms with E-state index in [0.717, 1.165) is 5.56 Å². The summed E-state index contributed by atoms with van der Waals surface area (Å²) in [5.74, 6) is 0.136. The molecule has 2 atom stereocenters. The number of amides is 1. The van der Waals surface area contributed by atoms with Gasteiger partial charge in [0.25, 0.3) is 0 Å². The molecule has 34 heavy (non-hydrogen) atoms. The lowest BCUT2D eigenvalue weighted by Gasteiger charge is -2.36. The van der Waals surface area contributed by atoms with Crippen LogP contribution in [0.25, 0.3) is 11.3 Å². The molecule has 0 aliphatic heterocycles. The maximum absolute atomic E-state index is 13.3. The van der Waals surface area contributed by atoms with Crippen LogP contribution in [-0.2, 0) is 14.8 Å². The number of halogens is 1. The first-order valence-electron chi connectivity index (χ1n) is 11.5. The van der Waals surface area contributed by atoms with Crippen molar-refractivity contribution >= 4 is 15.9 Å². The molecule has 0 saturated heterocycles. The summed E-state index contributed by atoms with van der Waals surface area (Å²) in [7, 11) is -3.67. The van der Waals surface area contributed by atoms with E-state index in [1.807, 2.05) is 19.9 Å². The molecule has 7 nitrogen and oxygen atoms in total. The maximum Gasteiger partial charge on any atom is 0.240 e. The van der Waals surface area contributed by atoms with Gasteiger partial charge in [-0.15, -0.1) is 0 Å². The molecule has 0 radical (unpaired) electrons. The number of aromatic nitrogens is 1. The molecular formula is C25H30FN3O4S. The number of oxazole rings is 1. The van der Waals surface area contributed by atoms with Crippen molar-refractivity contribution in [1.29, 1.82) is 0 Å². The zero-order chi connectivity index (χ0) is 24.3. The van der Waals surface area contributed by atoms with E-state index in [2.05, 4.69) is 15.0 Å². The van der Waals surface area contributed by atoms with Crippen molar-refractivity contribution in [2.24, 2.45) is 11.3 Å². The number of hydrogen-bond donors (Lipinski definition) is 2. The van der Waals surface area contributed by atoms with Gasteiger partial charge < -0.3 is 9.73 Å². The van der Waals surface area contributed by atoms with Gasteiger partial charge in [-0.05, 0) is 75.4 Å². The normalized spacial score (nSPS) is 26.0. The van der Waals surface area contributed by atoms with Gasteiger partial charge in [-0.1, -0.05) is 13.0 Å². The zero-order valence-corrected chi connectivity index (χ0v) is 20.1. The molecule has 0 bridgehead atoms. The van der Waals surface area contributed by atoms with Crippen LogP contribution in [-0.4, -0.2) is 31.4 Å². The van der Waals surface area contributed by atoms with Crippen LogP contribution >= 0.6 is 0 Å². The second-order valence-corrected chi connectivity index (χ2v) is 11.1. The lowest BCUT2D eigenvalue weighted by molar-refractivity contribution is -0.127. The number of nitrogens with zero attached hydrogens (tertiary/aromatic N) is 1. The molecule has 1 saturated carbocycles. The zero-order valence-electron chi connectivity index (χ0n) is 19.3. The summed E-state index contributed by atoms with van der Waals surface area (Å²) in [6.07, 6.45) is 10.6. The van der Waals surface area contributed by atoms with E-state index in [1.165, 1.54) is 12.5 Å². The topological polar surface area (TPSA) is 101 Å². The molecule has 1 aromatic carbocycles. The van der Waals surface area contributed by atoms with E-state index in [-0.39, 0.29) is 40.0 Å². The predicted molar refractivity (Wildman–Crippen MR) is 127 cm³/mol. The van der Waals surface area contributed by atoms with Crippen molar-refractivity contribution in [3.63, 3.8) is 0 Å². The van der Waals surface area contributed by atoms with Crippen molar-refractivity contribution in [2.75, 3.05) is 0 Å². The lowest BCUT2D eigenvalue weighted by Crippen LogP contribution is -2.47. The van der Waals surface area contributed by atoms with E-state index in [1.54, 1.807) is 36.5 Å². The minimum absolute atomic E-state index is 0.0264. The molecule has 1 heterocycles.